The van der Waals surface area contributed by atoms with Crippen LogP contribution in [0.2, 0.25) is 0 Å². The van der Waals surface area contributed by atoms with E-state index in [1.54, 1.807) is 0 Å². The Morgan fingerprint density at radius 3 is 2.10 bits per heavy atom. The molecule has 0 bridgehead atoms. The highest BCUT2D eigenvalue weighted by Gasteiger charge is 2.27. The van der Waals surface area contributed by atoms with Crippen molar-refractivity contribution in [1.82, 2.24) is 9.80 Å². The second kappa shape index (κ2) is 10.8. The summed E-state index contributed by atoms with van der Waals surface area (Å²) in [7, 11) is 2.17. The first-order valence-electron chi connectivity index (χ1n) is 10.5. The lowest BCUT2D eigenvalue weighted by Gasteiger charge is -2.37. The number of carbonyl (C=O) groups is 1. The van der Waals surface area contributed by atoms with Crippen molar-refractivity contribution in [1.29, 1.82) is 0 Å². The number of benzene rings is 2. The summed E-state index contributed by atoms with van der Waals surface area (Å²) in [5.74, 6) is 0.759. The average Bonchev–Trinajstić information content (AvgIpc) is 2.68. The summed E-state index contributed by atoms with van der Waals surface area (Å²) in [6, 6.07) is 17.5. The van der Waals surface area contributed by atoms with E-state index in [2.05, 4.69) is 86.1 Å². The molecule has 1 amide bonds. The Morgan fingerprint density at radius 1 is 1.00 bits per heavy atom. The van der Waals surface area contributed by atoms with Crippen LogP contribution >= 0.6 is 12.4 Å². The van der Waals surface area contributed by atoms with E-state index in [9.17, 15) is 4.79 Å². The SMILES string of the molecule is Cc1ccc(CN(C(=O)Cc2ccc(C(C)C)cc2)C2CCN(C)CC2)cc1.Cl. The number of nitrogens with zero attached hydrogens (tertiary/aromatic N) is 2. The van der Waals surface area contributed by atoms with Gasteiger partial charge in [-0.3, -0.25) is 4.79 Å². The highest BCUT2D eigenvalue weighted by atomic mass is 35.5. The van der Waals surface area contributed by atoms with Gasteiger partial charge in [-0.05, 0) is 62.5 Å². The number of rotatable bonds is 6. The molecule has 1 saturated heterocycles. The van der Waals surface area contributed by atoms with E-state index in [0.29, 0.717) is 24.9 Å². The summed E-state index contributed by atoms with van der Waals surface area (Å²) >= 11 is 0. The number of hydrogen-bond donors (Lipinski definition) is 0. The van der Waals surface area contributed by atoms with E-state index in [1.165, 1.54) is 16.7 Å². The number of aryl methyl sites for hydroxylation is 1. The zero-order valence-corrected chi connectivity index (χ0v) is 19.0. The Balaban J connectivity index is 0.00000300. The standard InChI is InChI=1S/C25H34N2O.ClH/c1-19(2)23-11-9-21(10-12-23)17-25(28)27(24-13-15-26(4)16-14-24)18-22-7-5-20(3)6-8-22;/h5-12,19,24H,13-18H2,1-4H3;1H. The molecule has 0 aromatic heterocycles. The van der Waals surface area contributed by atoms with Gasteiger partial charge in [-0.15, -0.1) is 12.4 Å². The second-order valence-corrected chi connectivity index (χ2v) is 8.61. The van der Waals surface area contributed by atoms with Crippen LogP contribution in [0.1, 0.15) is 54.9 Å². The van der Waals surface area contributed by atoms with Crippen molar-refractivity contribution in [2.75, 3.05) is 20.1 Å². The zero-order valence-electron chi connectivity index (χ0n) is 18.2. The Morgan fingerprint density at radius 2 is 1.55 bits per heavy atom. The van der Waals surface area contributed by atoms with Gasteiger partial charge in [-0.1, -0.05) is 67.9 Å². The van der Waals surface area contributed by atoms with E-state index in [1.807, 2.05) is 0 Å². The molecular weight excluding hydrogens is 380 g/mol. The van der Waals surface area contributed by atoms with Gasteiger partial charge in [0.2, 0.25) is 5.91 Å². The van der Waals surface area contributed by atoms with Crippen LogP contribution in [0.15, 0.2) is 48.5 Å². The van der Waals surface area contributed by atoms with Gasteiger partial charge in [0.1, 0.15) is 0 Å². The Hall–Kier alpha value is -1.84. The highest BCUT2D eigenvalue weighted by molar-refractivity contribution is 5.85. The Labute approximate surface area is 182 Å². The first-order chi connectivity index (χ1) is 13.4. The van der Waals surface area contributed by atoms with Gasteiger partial charge in [0.15, 0.2) is 0 Å². The summed E-state index contributed by atoms with van der Waals surface area (Å²) in [6.45, 7) is 9.33. The molecule has 1 aliphatic heterocycles. The van der Waals surface area contributed by atoms with Crippen molar-refractivity contribution in [3.8, 4) is 0 Å². The first-order valence-corrected chi connectivity index (χ1v) is 10.5. The van der Waals surface area contributed by atoms with Gasteiger partial charge in [0.25, 0.3) is 0 Å². The minimum Gasteiger partial charge on any atom is -0.335 e. The molecule has 29 heavy (non-hydrogen) atoms. The minimum atomic E-state index is 0. The van der Waals surface area contributed by atoms with Crippen molar-refractivity contribution in [2.24, 2.45) is 0 Å². The fourth-order valence-electron chi connectivity index (χ4n) is 3.91. The monoisotopic (exact) mass is 414 g/mol. The van der Waals surface area contributed by atoms with Crippen LogP contribution in [-0.4, -0.2) is 41.9 Å². The zero-order chi connectivity index (χ0) is 20.1. The molecule has 2 aromatic rings. The molecular formula is C25H35ClN2O. The summed E-state index contributed by atoms with van der Waals surface area (Å²) in [4.78, 5) is 17.8. The van der Waals surface area contributed by atoms with Crippen LogP contribution < -0.4 is 0 Å². The molecule has 0 aliphatic carbocycles. The van der Waals surface area contributed by atoms with Crippen molar-refractivity contribution in [2.45, 2.75) is 58.5 Å². The van der Waals surface area contributed by atoms with Crippen molar-refractivity contribution >= 4 is 18.3 Å². The van der Waals surface area contributed by atoms with Crippen LogP contribution in [0.5, 0.6) is 0 Å². The van der Waals surface area contributed by atoms with Crippen LogP contribution in [-0.2, 0) is 17.8 Å². The molecule has 0 saturated carbocycles. The molecule has 3 nitrogen and oxygen atoms in total. The number of piperidine rings is 1. The Kier molecular flexibility index (Phi) is 8.73. The number of likely N-dealkylation sites (tertiary alicyclic amines) is 1. The molecule has 1 heterocycles. The molecule has 3 rings (SSSR count). The maximum absolute atomic E-state index is 13.3. The van der Waals surface area contributed by atoms with Crippen molar-refractivity contribution < 1.29 is 4.79 Å². The number of amides is 1. The third-order valence-electron chi connectivity index (χ3n) is 5.92. The number of hydrogen-bond acceptors (Lipinski definition) is 2. The lowest BCUT2D eigenvalue weighted by molar-refractivity contribution is -0.134. The summed E-state index contributed by atoms with van der Waals surface area (Å²) < 4.78 is 0. The van der Waals surface area contributed by atoms with E-state index in [0.717, 1.165) is 31.5 Å². The lowest BCUT2D eigenvalue weighted by Crippen LogP contribution is -2.46. The molecule has 0 unspecified atom stereocenters. The quantitative estimate of drug-likeness (QED) is 0.648. The molecule has 1 fully saturated rings. The van der Waals surface area contributed by atoms with Gasteiger partial charge in [0.05, 0.1) is 6.42 Å². The maximum Gasteiger partial charge on any atom is 0.227 e. The van der Waals surface area contributed by atoms with E-state index in [-0.39, 0.29) is 18.3 Å². The summed E-state index contributed by atoms with van der Waals surface area (Å²) in [6.07, 6.45) is 2.59. The van der Waals surface area contributed by atoms with Gasteiger partial charge in [-0.2, -0.15) is 0 Å². The predicted molar refractivity (Wildman–Crippen MR) is 124 cm³/mol. The molecule has 0 spiro atoms. The van der Waals surface area contributed by atoms with Crippen LogP contribution in [0.4, 0.5) is 0 Å². The molecule has 0 atom stereocenters. The van der Waals surface area contributed by atoms with Gasteiger partial charge >= 0.3 is 0 Å². The summed E-state index contributed by atoms with van der Waals surface area (Å²) in [5, 5.41) is 0. The fourth-order valence-corrected chi connectivity index (χ4v) is 3.91. The largest absolute Gasteiger partial charge is 0.335 e. The topological polar surface area (TPSA) is 23.6 Å². The molecule has 0 N–H and O–H groups in total. The fraction of sp³-hybridized carbons (Fsp3) is 0.480. The van der Waals surface area contributed by atoms with Crippen LogP contribution in [0.25, 0.3) is 0 Å². The average molecular weight is 415 g/mol. The second-order valence-electron chi connectivity index (χ2n) is 8.61. The van der Waals surface area contributed by atoms with Gasteiger partial charge in [-0.25, -0.2) is 0 Å². The normalized spacial score (nSPS) is 15.2. The molecule has 2 aromatic carbocycles. The maximum atomic E-state index is 13.3. The lowest BCUT2D eigenvalue weighted by atomic mass is 9.99. The van der Waals surface area contributed by atoms with E-state index >= 15 is 0 Å². The third-order valence-corrected chi connectivity index (χ3v) is 5.92. The van der Waals surface area contributed by atoms with Crippen molar-refractivity contribution in [3.63, 3.8) is 0 Å². The van der Waals surface area contributed by atoms with Crippen molar-refractivity contribution in [3.05, 3.63) is 70.8 Å². The van der Waals surface area contributed by atoms with E-state index < -0.39 is 0 Å². The summed E-state index contributed by atoms with van der Waals surface area (Å²) in [5.41, 5.74) is 4.90. The minimum absolute atomic E-state index is 0. The van der Waals surface area contributed by atoms with Gasteiger partial charge in [0, 0.05) is 12.6 Å². The molecule has 1 aliphatic rings. The first kappa shape index (κ1) is 23.4. The molecule has 158 valence electrons. The van der Waals surface area contributed by atoms with Crippen LogP contribution in [0.3, 0.4) is 0 Å². The Bertz CT molecular complexity index is 762. The predicted octanol–water partition coefficient (Wildman–Crippen LogP) is 5.21. The number of carbonyl (C=O) groups excluding carboxylic acids is 1. The molecule has 4 heteroatoms. The third kappa shape index (κ3) is 6.58. The van der Waals surface area contributed by atoms with Gasteiger partial charge < -0.3 is 9.80 Å². The highest BCUT2D eigenvalue weighted by Crippen LogP contribution is 2.21. The number of halogens is 1. The molecule has 0 radical (unpaired) electrons. The van der Waals surface area contributed by atoms with Crippen LogP contribution in [0, 0.1) is 6.92 Å². The smallest absolute Gasteiger partial charge is 0.227 e. The van der Waals surface area contributed by atoms with E-state index in [4.69, 9.17) is 0 Å².